The second-order valence-electron chi connectivity index (χ2n) is 6.81. The van der Waals surface area contributed by atoms with Crippen molar-refractivity contribution in [3.05, 3.63) is 29.3 Å². The number of likely N-dealkylation sites (tertiary alicyclic amines) is 1. The minimum Gasteiger partial charge on any atom is -0.492 e. The van der Waals surface area contributed by atoms with Gasteiger partial charge in [-0.15, -0.1) is 0 Å². The second kappa shape index (κ2) is 10.9. The molecule has 6 nitrogen and oxygen atoms in total. The number of benzene rings is 1. The van der Waals surface area contributed by atoms with Crippen molar-refractivity contribution in [2.75, 3.05) is 19.7 Å². The van der Waals surface area contributed by atoms with Crippen LogP contribution in [0.2, 0.25) is 5.02 Å². The maximum Gasteiger partial charge on any atom is 0.223 e. The Morgan fingerprint density at radius 1 is 1.15 bits per heavy atom. The normalized spacial score (nSPS) is 14.7. The number of Topliss-reactive ketones (excluding diaryl/α,β-unsaturated/α-hetero) is 1. The molecule has 0 radical (unpaired) electrons. The molecule has 2 amide bonds. The highest BCUT2D eigenvalue weighted by Crippen LogP contribution is 2.23. The number of piperidine rings is 1. The van der Waals surface area contributed by atoms with E-state index < -0.39 is 0 Å². The van der Waals surface area contributed by atoms with Gasteiger partial charge >= 0.3 is 0 Å². The van der Waals surface area contributed by atoms with Gasteiger partial charge in [-0.25, -0.2) is 0 Å². The number of hydrogen-bond donors (Lipinski definition) is 1. The lowest BCUT2D eigenvalue weighted by molar-refractivity contribution is -0.134. The van der Waals surface area contributed by atoms with Gasteiger partial charge in [0.05, 0.1) is 11.6 Å². The first-order valence-electron chi connectivity index (χ1n) is 9.39. The van der Waals surface area contributed by atoms with Gasteiger partial charge in [0.2, 0.25) is 11.8 Å². The summed E-state index contributed by atoms with van der Waals surface area (Å²) < 4.78 is 5.58. The summed E-state index contributed by atoms with van der Waals surface area (Å²) in [6, 6.07) is 7.35. The molecule has 1 N–H and O–H groups in total. The van der Waals surface area contributed by atoms with Crippen LogP contribution in [-0.4, -0.2) is 48.2 Å². The van der Waals surface area contributed by atoms with Crippen LogP contribution in [0, 0.1) is 0 Å². The Balaban J connectivity index is 1.59. The van der Waals surface area contributed by atoms with Gasteiger partial charge in [-0.1, -0.05) is 23.7 Å². The number of para-hydroxylation sites is 1. The molecular formula is C20H27ClN2O4. The minimum atomic E-state index is -0.000820. The van der Waals surface area contributed by atoms with E-state index in [0.29, 0.717) is 49.7 Å². The van der Waals surface area contributed by atoms with Crippen LogP contribution in [0.3, 0.4) is 0 Å². The van der Waals surface area contributed by atoms with Gasteiger partial charge in [-0.05, 0) is 38.3 Å². The fourth-order valence-corrected chi connectivity index (χ4v) is 3.18. The van der Waals surface area contributed by atoms with E-state index in [1.54, 1.807) is 17.0 Å². The van der Waals surface area contributed by atoms with Crippen LogP contribution in [0.25, 0.3) is 0 Å². The van der Waals surface area contributed by atoms with Gasteiger partial charge in [0.25, 0.3) is 0 Å². The van der Waals surface area contributed by atoms with Gasteiger partial charge in [0.15, 0.2) is 0 Å². The summed E-state index contributed by atoms with van der Waals surface area (Å²) in [4.78, 5) is 36.8. The van der Waals surface area contributed by atoms with Crippen molar-refractivity contribution in [1.29, 1.82) is 0 Å². The summed E-state index contributed by atoms with van der Waals surface area (Å²) in [5.74, 6) is 0.677. The standard InChI is InChI=1S/C20H27ClN2O4/c1-15(24)8-9-20(26)23-12-10-16(11-13-23)22-19(25)7-4-14-27-18-6-3-2-5-17(18)21/h2-3,5-6,16H,4,7-14H2,1H3,(H,22,25). The SMILES string of the molecule is CC(=O)CCC(=O)N1CCC(NC(=O)CCCOc2ccccc2Cl)CC1. The lowest BCUT2D eigenvalue weighted by Gasteiger charge is -2.32. The first-order chi connectivity index (χ1) is 13.0. The first-order valence-corrected chi connectivity index (χ1v) is 9.77. The number of halogens is 1. The molecule has 0 spiro atoms. The quantitative estimate of drug-likeness (QED) is 0.653. The lowest BCUT2D eigenvalue weighted by Crippen LogP contribution is -2.46. The van der Waals surface area contributed by atoms with E-state index in [2.05, 4.69) is 5.32 Å². The van der Waals surface area contributed by atoms with Crippen LogP contribution in [0.15, 0.2) is 24.3 Å². The van der Waals surface area contributed by atoms with Crippen molar-refractivity contribution in [1.82, 2.24) is 10.2 Å². The van der Waals surface area contributed by atoms with E-state index in [4.69, 9.17) is 16.3 Å². The minimum absolute atomic E-state index is 0.000820. The van der Waals surface area contributed by atoms with Crippen molar-refractivity contribution in [3.63, 3.8) is 0 Å². The molecular weight excluding hydrogens is 368 g/mol. The molecule has 1 heterocycles. The van der Waals surface area contributed by atoms with E-state index >= 15 is 0 Å². The van der Waals surface area contributed by atoms with Crippen molar-refractivity contribution in [2.45, 2.75) is 51.5 Å². The summed E-state index contributed by atoms with van der Waals surface area (Å²) in [6.07, 6.45) is 3.06. The van der Waals surface area contributed by atoms with Crippen LogP contribution in [0.5, 0.6) is 5.75 Å². The van der Waals surface area contributed by atoms with Crippen LogP contribution >= 0.6 is 11.6 Å². The van der Waals surface area contributed by atoms with Gasteiger partial charge in [0.1, 0.15) is 11.5 Å². The molecule has 1 fully saturated rings. The van der Waals surface area contributed by atoms with Crippen LogP contribution in [0.1, 0.15) is 45.4 Å². The third-order valence-corrected chi connectivity index (χ3v) is 4.86. The van der Waals surface area contributed by atoms with E-state index in [0.717, 1.165) is 12.8 Å². The molecule has 0 saturated carbocycles. The number of amides is 2. The Bertz CT molecular complexity index is 657. The molecule has 7 heteroatoms. The summed E-state index contributed by atoms with van der Waals surface area (Å²) in [5, 5.41) is 3.59. The molecule has 0 aromatic heterocycles. The predicted molar refractivity (Wildman–Crippen MR) is 104 cm³/mol. The number of carbonyl (C=O) groups excluding carboxylic acids is 3. The van der Waals surface area contributed by atoms with E-state index in [9.17, 15) is 14.4 Å². The van der Waals surface area contributed by atoms with Gasteiger partial charge in [-0.2, -0.15) is 0 Å². The highest BCUT2D eigenvalue weighted by atomic mass is 35.5. The molecule has 1 aromatic rings. The zero-order valence-electron chi connectivity index (χ0n) is 15.7. The van der Waals surface area contributed by atoms with E-state index in [-0.39, 0.29) is 30.1 Å². The largest absolute Gasteiger partial charge is 0.492 e. The summed E-state index contributed by atoms with van der Waals surface area (Å²) in [7, 11) is 0. The fraction of sp³-hybridized carbons (Fsp3) is 0.550. The van der Waals surface area contributed by atoms with Crippen LogP contribution < -0.4 is 10.1 Å². The molecule has 1 saturated heterocycles. The molecule has 1 aromatic carbocycles. The topological polar surface area (TPSA) is 75.7 Å². The van der Waals surface area contributed by atoms with Crippen LogP contribution in [-0.2, 0) is 14.4 Å². The number of nitrogens with one attached hydrogen (secondary N) is 1. The molecule has 27 heavy (non-hydrogen) atoms. The van der Waals surface area contributed by atoms with E-state index in [1.807, 2.05) is 12.1 Å². The number of rotatable bonds is 9. The third-order valence-electron chi connectivity index (χ3n) is 4.55. The number of ether oxygens (including phenoxy) is 1. The highest BCUT2D eigenvalue weighted by Gasteiger charge is 2.23. The zero-order chi connectivity index (χ0) is 19.6. The number of nitrogens with zero attached hydrogens (tertiary/aromatic N) is 1. The van der Waals surface area contributed by atoms with Crippen molar-refractivity contribution in [2.24, 2.45) is 0 Å². The average Bonchev–Trinajstić information content (AvgIpc) is 2.65. The molecule has 1 aliphatic heterocycles. The Morgan fingerprint density at radius 3 is 2.52 bits per heavy atom. The van der Waals surface area contributed by atoms with Crippen molar-refractivity contribution >= 4 is 29.2 Å². The fourth-order valence-electron chi connectivity index (χ4n) is 2.99. The predicted octanol–water partition coefficient (Wildman–Crippen LogP) is 2.98. The summed E-state index contributed by atoms with van der Waals surface area (Å²) >= 11 is 6.01. The second-order valence-corrected chi connectivity index (χ2v) is 7.21. The maximum absolute atomic E-state index is 12.1. The Morgan fingerprint density at radius 2 is 1.85 bits per heavy atom. The molecule has 0 unspecified atom stereocenters. The van der Waals surface area contributed by atoms with Gasteiger partial charge in [-0.3, -0.25) is 9.59 Å². The monoisotopic (exact) mass is 394 g/mol. The number of ketones is 1. The zero-order valence-corrected chi connectivity index (χ0v) is 16.5. The highest BCUT2D eigenvalue weighted by molar-refractivity contribution is 6.32. The van der Waals surface area contributed by atoms with Crippen molar-refractivity contribution in [3.8, 4) is 5.75 Å². The number of carbonyl (C=O) groups is 3. The molecule has 0 bridgehead atoms. The van der Waals surface area contributed by atoms with Crippen molar-refractivity contribution < 1.29 is 19.1 Å². The Labute approximate surface area is 165 Å². The summed E-state index contributed by atoms with van der Waals surface area (Å²) in [5.41, 5.74) is 0. The first kappa shape index (κ1) is 21.2. The molecule has 2 rings (SSSR count). The van der Waals surface area contributed by atoms with Gasteiger partial charge < -0.3 is 19.7 Å². The Hall–Kier alpha value is -2.08. The van der Waals surface area contributed by atoms with E-state index in [1.165, 1.54) is 6.92 Å². The van der Waals surface area contributed by atoms with Crippen LogP contribution in [0.4, 0.5) is 0 Å². The smallest absolute Gasteiger partial charge is 0.223 e. The average molecular weight is 395 g/mol. The molecule has 0 aliphatic carbocycles. The van der Waals surface area contributed by atoms with Gasteiger partial charge in [0, 0.05) is 38.4 Å². The summed E-state index contributed by atoms with van der Waals surface area (Å²) in [6.45, 7) is 3.17. The Kier molecular flexibility index (Phi) is 8.58. The molecule has 1 aliphatic rings. The lowest BCUT2D eigenvalue weighted by atomic mass is 10.0. The third kappa shape index (κ3) is 7.59. The number of hydrogen-bond acceptors (Lipinski definition) is 4. The maximum atomic E-state index is 12.1. The molecule has 0 atom stereocenters. The molecule has 148 valence electrons.